The Morgan fingerprint density at radius 2 is 1.50 bits per heavy atom. The number of aryl methyl sites for hydroxylation is 1. The molecule has 0 bridgehead atoms. The Labute approximate surface area is 296 Å². The van der Waals surface area contributed by atoms with Gasteiger partial charge in [0.15, 0.2) is 11.5 Å². The number of amides is 1. The minimum Gasteiger partial charge on any atom is -0.352 e. The van der Waals surface area contributed by atoms with Crippen molar-refractivity contribution in [2.45, 2.75) is 77.7 Å². The molecule has 0 spiro atoms. The summed E-state index contributed by atoms with van der Waals surface area (Å²) < 4.78 is 2.30. The van der Waals surface area contributed by atoms with Crippen LogP contribution in [0.5, 0.6) is 0 Å². The van der Waals surface area contributed by atoms with E-state index in [0.717, 1.165) is 36.9 Å². The predicted molar refractivity (Wildman–Crippen MR) is 202 cm³/mol. The maximum absolute atomic E-state index is 12.6. The van der Waals surface area contributed by atoms with E-state index in [-0.39, 0.29) is 16.7 Å². The van der Waals surface area contributed by atoms with Gasteiger partial charge in [-0.2, -0.15) is 4.58 Å². The maximum atomic E-state index is 12.6. The van der Waals surface area contributed by atoms with Crippen molar-refractivity contribution in [2.24, 2.45) is 0 Å². The predicted octanol–water partition coefficient (Wildman–Crippen LogP) is 7.92. The number of carbonyl (C=O) groups is 1. The molecule has 0 saturated heterocycles. The molecule has 8 nitrogen and oxygen atoms in total. The first-order chi connectivity index (χ1) is 24.1. The molecular weight excluding hydrogens is 619 g/mol. The van der Waals surface area contributed by atoms with Crippen molar-refractivity contribution in [1.29, 1.82) is 0 Å². The molecule has 6 rings (SSSR count). The van der Waals surface area contributed by atoms with Gasteiger partial charge in [-0.15, -0.1) is 20.4 Å². The van der Waals surface area contributed by atoms with Crippen LogP contribution >= 0.6 is 0 Å². The number of unbranched alkanes of at least 4 members (excludes halogenated alkanes) is 2. The smallest absolute Gasteiger partial charge is 0.220 e. The second kappa shape index (κ2) is 14.7. The van der Waals surface area contributed by atoms with Crippen LogP contribution in [0.1, 0.15) is 75.9 Å². The zero-order chi connectivity index (χ0) is 35.3. The molecule has 1 amide bonds. The van der Waals surface area contributed by atoms with Crippen molar-refractivity contribution in [3.63, 3.8) is 0 Å². The lowest BCUT2D eigenvalue weighted by Crippen LogP contribution is -2.27. The van der Waals surface area contributed by atoms with E-state index < -0.39 is 0 Å². The number of carbonyl (C=O) groups excluding carboxylic acids is 1. The lowest BCUT2D eigenvalue weighted by Gasteiger charge is -2.27. The molecule has 8 heteroatoms. The largest absolute Gasteiger partial charge is 0.352 e. The van der Waals surface area contributed by atoms with Gasteiger partial charge in [-0.1, -0.05) is 99.2 Å². The Bertz CT molecular complexity index is 1970. The van der Waals surface area contributed by atoms with Crippen LogP contribution in [-0.2, 0) is 22.2 Å². The van der Waals surface area contributed by atoms with Crippen LogP contribution in [0.25, 0.3) is 11.4 Å². The summed E-state index contributed by atoms with van der Waals surface area (Å²) in [6.07, 6.45) is 14.3. The van der Waals surface area contributed by atoms with Gasteiger partial charge in [0.05, 0.1) is 5.41 Å². The summed E-state index contributed by atoms with van der Waals surface area (Å²) in [6.45, 7) is 12.4. The van der Waals surface area contributed by atoms with Gasteiger partial charge in [-0.05, 0) is 56.9 Å². The summed E-state index contributed by atoms with van der Waals surface area (Å²) in [5, 5.41) is 19.2. The maximum Gasteiger partial charge on any atom is 0.220 e. The highest BCUT2D eigenvalue weighted by atomic mass is 16.1. The summed E-state index contributed by atoms with van der Waals surface area (Å²) in [4.78, 5) is 15.1. The highest BCUT2D eigenvalue weighted by Gasteiger charge is 2.42. The highest BCUT2D eigenvalue weighted by molar-refractivity contribution is 6.03. The average Bonchev–Trinajstić information content (AvgIpc) is 3.45. The van der Waals surface area contributed by atoms with Crippen LogP contribution in [0.3, 0.4) is 0 Å². The Morgan fingerprint density at radius 3 is 2.24 bits per heavy atom. The van der Waals surface area contributed by atoms with Gasteiger partial charge in [-0.3, -0.25) is 4.79 Å². The summed E-state index contributed by atoms with van der Waals surface area (Å²) >= 11 is 0. The van der Waals surface area contributed by atoms with Gasteiger partial charge in [0.25, 0.3) is 0 Å². The van der Waals surface area contributed by atoms with Gasteiger partial charge < -0.3 is 10.2 Å². The number of nitrogens with one attached hydrogen (secondary N) is 1. The molecule has 0 fully saturated rings. The second-order valence-corrected chi connectivity index (χ2v) is 14.2. The fourth-order valence-electron chi connectivity index (χ4n) is 7.23. The monoisotopic (exact) mass is 666 g/mol. The zero-order valence-corrected chi connectivity index (χ0v) is 30.1. The Morgan fingerprint density at radius 1 is 0.800 bits per heavy atom. The number of hydrogen-bond acceptors (Lipinski definition) is 6. The molecule has 50 heavy (non-hydrogen) atoms. The van der Waals surface area contributed by atoms with Crippen molar-refractivity contribution < 1.29 is 9.37 Å². The molecule has 0 saturated carbocycles. The molecule has 1 aromatic heterocycles. The van der Waals surface area contributed by atoms with Crippen LogP contribution in [0.2, 0.25) is 0 Å². The van der Waals surface area contributed by atoms with E-state index in [1.807, 2.05) is 24.3 Å². The molecule has 1 N–H and O–H groups in total. The number of benzene rings is 3. The van der Waals surface area contributed by atoms with Crippen LogP contribution in [0.15, 0.2) is 109 Å². The summed E-state index contributed by atoms with van der Waals surface area (Å²) in [7, 11) is 2.15. The third-order valence-electron chi connectivity index (χ3n) is 10.0. The molecule has 0 unspecified atom stereocenters. The van der Waals surface area contributed by atoms with Gasteiger partial charge in [-0.25, -0.2) is 0 Å². The van der Waals surface area contributed by atoms with Crippen molar-refractivity contribution in [1.82, 2.24) is 25.7 Å². The van der Waals surface area contributed by atoms with Crippen LogP contribution in [0, 0.1) is 6.92 Å². The molecule has 3 heterocycles. The molecular formula is C42H48N7O+. The molecule has 2 aliphatic rings. The van der Waals surface area contributed by atoms with Crippen LogP contribution in [0.4, 0.5) is 11.4 Å². The fourth-order valence-corrected chi connectivity index (χ4v) is 7.23. The lowest BCUT2D eigenvalue weighted by atomic mass is 9.81. The number of aromatic nitrogens is 4. The van der Waals surface area contributed by atoms with E-state index in [9.17, 15) is 4.79 Å². The van der Waals surface area contributed by atoms with Crippen LogP contribution in [-0.4, -0.2) is 50.2 Å². The summed E-state index contributed by atoms with van der Waals surface area (Å²) in [6, 6.07) is 25.2. The van der Waals surface area contributed by atoms with E-state index in [1.54, 1.807) is 6.92 Å². The van der Waals surface area contributed by atoms with Gasteiger partial charge in [0.1, 0.15) is 7.05 Å². The second-order valence-electron chi connectivity index (χ2n) is 14.2. The van der Waals surface area contributed by atoms with E-state index in [0.29, 0.717) is 24.6 Å². The minimum absolute atomic E-state index is 0.0398. The number of para-hydroxylation sites is 2. The Hall–Kier alpha value is -5.24. The van der Waals surface area contributed by atoms with E-state index in [4.69, 9.17) is 0 Å². The van der Waals surface area contributed by atoms with Crippen molar-refractivity contribution in [3.8, 4) is 11.4 Å². The topological polar surface area (TPSA) is 86.9 Å². The van der Waals surface area contributed by atoms with E-state index >= 15 is 0 Å². The first-order valence-corrected chi connectivity index (χ1v) is 17.6. The zero-order valence-electron chi connectivity index (χ0n) is 30.1. The molecule has 0 radical (unpaired) electrons. The third-order valence-corrected chi connectivity index (χ3v) is 10.0. The van der Waals surface area contributed by atoms with Crippen LogP contribution < -0.4 is 10.2 Å². The molecule has 4 aromatic rings. The number of rotatable bonds is 12. The Kier molecular flexibility index (Phi) is 10.2. The summed E-state index contributed by atoms with van der Waals surface area (Å²) in [5.41, 5.74) is 9.58. The number of allylic oxidation sites excluding steroid dienone is 6. The first kappa shape index (κ1) is 34.6. The van der Waals surface area contributed by atoms with Crippen molar-refractivity contribution >= 4 is 23.0 Å². The SMILES string of the molecule is Cc1nnc(-c2ccc(CNC(=O)CCCCCN3/C(=C/C=C/C=C\C4=[N+](C)c5ccccc5C4(C)C)C(C)(C)c4ccccc43)cc2)nn1. The molecule has 3 aromatic carbocycles. The minimum atomic E-state index is -0.103. The molecule has 256 valence electrons. The number of anilines is 1. The number of hydrogen-bond donors (Lipinski definition) is 1. The quantitative estimate of drug-likeness (QED) is 0.0940. The number of fused-ring (bicyclic) bond motifs is 2. The normalized spacial score (nSPS) is 16.8. The van der Waals surface area contributed by atoms with Crippen molar-refractivity contribution in [3.05, 3.63) is 131 Å². The number of nitrogens with zero attached hydrogens (tertiary/aromatic N) is 6. The highest BCUT2D eigenvalue weighted by Crippen LogP contribution is 2.47. The van der Waals surface area contributed by atoms with Gasteiger partial charge in [0.2, 0.25) is 17.4 Å². The van der Waals surface area contributed by atoms with Gasteiger partial charge >= 0.3 is 0 Å². The molecule has 2 aliphatic heterocycles. The third kappa shape index (κ3) is 7.20. The average molecular weight is 667 g/mol. The van der Waals surface area contributed by atoms with Gasteiger partial charge in [0, 0.05) is 59.6 Å². The molecule has 0 atom stereocenters. The summed E-state index contributed by atoms with van der Waals surface area (Å²) in [5.74, 6) is 1.10. The Balaban J connectivity index is 1.01. The lowest BCUT2D eigenvalue weighted by molar-refractivity contribution is -0.401. The van der Waals surface area contributed by atoms with E-state index in [1.165, 1.54) is 33.9 Å². The molecule has 0 aliphatic carbocycles. The van der Waals surface area contributed by atoms with E-state index in [2.05, 4.69) is 149 Å². The first-order valence-electron chi connectivity index (χ1n) is 17.6. The fraction of sp³-hybridized carbons (Fsp3) is 0.333. The van der Waals surface area contributed by atoms with Crippen molar-refractivity contribution in [2.75, 3.05) is 18.5 Å². The standard InChI is InChI=1S/C42H47N7O/c1-30-44-46-40(47-45-30)32-26-24-31(25-27-32)29-43-39(50)23-11-8-16-28-49-36-20-15-13-18-34(36)42(4,5)38(49)22-10-7-9-21-37-41(2,3)33-17-12-14-19-35(33)48(37)6/h7,9-10,12-15,17-22,24-27H,8,11,16,23,28-29H2,1-6H3/p+1.